The second kappa shape index (κ2) is 8.71. The van der Waals surface area contributed by atoms with E-state index in [1.165, 1.54) is 29.3 Å². The van der Waals surface area contributed by atoms with Gasteiger partial charge in [-0.25, -0.2) is 4.39 Å². The van der Waals surface area contributed by atoms with Crippen LogP contribution in [0.1, 0.15) is 47.4 Å². The van der Waals surface area contributed by atoms with E-state index < -0.39 is 21.5 Å². The summed E-state index contributed by atoms with van der Waals surface area (Å²) in [6.45, 7) is 0. The van der Waals surface area contributed by atoms with Gasteiger partial charge in [-0.15, -0.1) is 0 Å². The molecule has 1 N–H and O–H groups in total. The maximum atomic E-state index is 13.5. The summed E-state index contributed by atoms with van der Waals surface area (Å²) in [4.78, 5) is -0.230. The molecule has 5 rings (SSSR count). The minimum atomic E-state index is -4.16. The molecular formula is C27H27FO5S. The number of fused-ring (bicyclic) bond motifs is 5. The van der Waals surface area contributed by atoms with Gasteiger partial charge in [0.2, 0.25) is 0 Å². The maximum Gasteiger partial charge on any atom is 0.339 e. The number of hydrogen-bond acceptors (Lipinski definition) is 5. The first-order valence-corrected chi connectivity index (χ1v) is 12.9. The van der Waals surface area contributed by atoms with Gasteiger partial charge in [0.25, 0.3) is 0 Å². The Morgan fingerprint density at radius 3 is 2.44 bits per heavy atom. The average Bonchev–Trinajstić information content (AvgIpc) is 2.95. The molecule has 178 valence electrons. The first kappa shape index (κ1) is 22.9. The molecule has 0 amide bonds. The van der Waals surface area contributed by atoms with Crippen molar-refractivity contribution in [3.05, 3.63) is 88.7 Å². The monoisotopic (exact) mass is 482 g/mol. The third-order valence-corrected chi connectivity index (χ3v) is 8.31. The van der Waals surface area contributed by atoms with Gasteiger partial charge in [-0.3, -0.25) is 0 Å². The van der Waals surface area contributed by atoms with Crippen LogP contribution in [0.2, 0.25) is 0 Å². The molecule has 7 heteroatoms. The second-order valence-electron chi connectivity index (χ2n) is 9.32. The highest BCUT2D eigenvalue weighted by atomic mass is 32.2. The lowest BCUT2D eigenvalue weighted by atomic mass is 9.76. The fourth-order valence-corrected chi connectivity index (χ4v) is 6.24. The molecular weight excluding hydrogens is 455 g/mol. The fraction of sp³-hybridized carbons (Fsp3) is 0.333. The van der Waals surface area contributed by atoms with E-state index in [-0.39, 0.29) is 16.6 Å². The zero-order chi connectivity index (χ0) is 23.9. The Labute approximate surface area is 199 Å². The number of methoxy groups -OCH3 is 1. The predicted octanol–water partition coefficient (Wildman–Crippen LogP) is 4.94. The van der Waals surface area contributed by atoms with Crippen LogP contribution in [0.15, 0.2) is 65.6 Å². The molecule has 0 saturated carbocycles. The van der Waals surface area contributed by atoms with Gasteiger partial charge >= 0.3 is 10.1 Å². The molecule has 0 aliphatic heterocycles. The third-order valence-electron chi connectivity index (χ3n) is 7.07. The summed E-state index contributed by atoms with van der Waals surface area (Å²) >= 11 is 0. The van der Waals surface area contributed by atoms with E-state index in [2.05, 4.69) is 12.1 Å². The van der Waals surface area contributed by atoms with Crippen LogP contribution in [0.4, 0.5) is 4.39 Å². The molecule has 1 unspecified atom stereocenters. The Morgan fingerprint density at radius 1 is 0.941 bits per heavy atom. The van der Waals surface area contributed by atoms with Gasteiger partial charge in [-0.1, -0.05) is 18.2 Å². The van der Waals surface area contributed by atoms with E-state index in [0.717, 1.165) is 35.8 Å². The van der Waals surface area contributed by atoms with Crippen LogP contribution < -0.4 is 8.92 Å². The molecule has 2 atom stereocenters. The molecule has 2 aliphatic rings. The summed E-state index contributed by atoms with van der Waals surface area (Å²) < 4.78 is 49.6. The molecule has 0 heterocycles. The smallest absolute Gasteiger partial charge is 0.339 e. The molecule has 0 radical (unpaired) electrons. The quantitative estimate of drug-likeness (QED) is 0.533. The van der Waals surface area contributed by atoms with Crippen molar-refractivity contribution in [2.45, 2.75) is 54.9 Å². The molecule has 0 saturated heterocycles. The summed E-state index contributed by atoms with van der Waals surface area (Å²) in [5, 5.41) is 11.4. The first-order valence-electron chi connectivity index (χ1n) is 11.5. The van der Waals surface area contributed by atoms with E-state index in [4.69, 9.17) is 8.92 Å². The Hall–Kier alpha value is -2.90. The van der Waals surface area contributed by atoms with Crippen LogP contribution in [-0.4, -0.2) is 26.2 Å². The van der Waals surface area contributed by atoms with Crippen LogP contribution in [0, 0.1) is 5.82 Å². The number of rotatable bonds is 4. The lowest BCUT2D eigenvalue weighted by Crippen LogP contribution is -2.32. The minimum absolute atomic E-state index is 0.148. The summed E-state index contributed by atoms with van der Waals surface area (Å²) in [6.07, 6.45) is 4.10. The average molecular weight is 483 g/mol. The van der Waals surface area contributed by atoms with Crippen molar-refractivity contribution in [2.24, 2.45) is 0 Å². The lowest BCUT2D eigenvalue weighted by molar-refractivity contribution is 0.00951. The largest absolute Gasteiger partial charge is 0.497 e. The van der Waals surface area contributed by atoms with Crippen molar-refractivity contribution in [1.82, 2.24) is 0 Å². The summed E-state index contributed by atoms with van der Waals surface area (Å²) in [6, 6.07) is 16.2. The van der Waals surface area contributed by atoms with Crippen molar-refractivity contribution in [3.8, 4) is 11.5 Å². The zero-order valence-electron chi connectivity index (χ0n) is 19.0. The molecule has 2 bridgehead atoms. The van der Waals surface area contributed by atoms with Gasteiger partial charge in [0.15, 0.2) is 0 Å². The van der Waals surface area contributed by atoms with Gasteiger partial charge in [0.1, 0.15) is 22.2 Å². The molecule has 0 aromatic heterocycles. The summed E-state index contributed by atoms with van der Waals surface area (Å²) in [7, 11) is -2.50. The Kier molecular flexibility index (Phi) is 5.86. The van der Waals surface area contributed by atoms with Crippen molar-refractivity contribution in [1.29, 1.82) is 0 Å². The highest BCUT2D eigenvalue weighted by molar-refractivity contribution is 7.87. The second-order valence-corrected chi connectivity index (χ2v) is 10.9. The summed E-state index contributed by atoms with van der Waals surface area (Å²) in [5.74, 6) is 0.509. The predicted molar refractivity (Wildman–Crippen MR) is 126 cm³/mol. The molecule has 5 nitrogen and oxygen atoms in total. The van der Waals surface area contributed by atoms with Crippen molar-refractivity contribution >= 4 is 10.1 Å². The van der Waals surface area contributed by atoms with Crippen LogP contribution >= 0.6 is 0 Å². The standard InChI is InChI=1S/C27H27FO5S/c1-32-23-7-8-26-20(15-23)10-12-27(29)11-9-19-14-24(6-5-18(19)13-21(26)17-27)33-34(30,31)25-4-2-3-22(28)16-25/h2-8,14-16,21,29H,9-13,17H2,1H3/t21?,27-/m1/s1. The Bertz CT molecular complexity index is 1340. The normalized spacial score (nSPS) is 21.9. The SMILES string of the molecule is COc1ccc2c(c1)CC[C@]1(O)CCc3cc(OS(=O)(=O)c4cccc(F)c4)ccc3CC2C1. The van der Waals surface area contributed by atoms with Crippen molar-refractivity contribution < 1.29 is 26.8 Å². The van der Waals surface area contributed by atoms with E-state index in [9.17, 15) is 17.9 Å². The van der Waals surface area contributed by atoms with E-state index >= 15 is 0 Å². The molecule has 3 aromatic carbocycles. The van der Waals surface area contributed by atoms with Crippen molar-refractivity contribution in [2.75, 3.05) is 7.11 Å². The first-order chi connectivity index (χ1) is 16.2. The van der Waals surface area contributed by atoms with Gasteiger partial charge in [-0.05, 0) is 109 Å². The number of aryl methyl sites for hydroxylation is 2. The van der Waals surface area contributed by atoms with Gasteiger partial charge in [0.05, 0.1) is 12.7 Å². The number of halogens is 1. The van der Waals surface area contributed by atoms with Crippen LogP contribution in [-0.2, 0) is 29.4 Å². The van der Waals surface area contributed by atoms with E-state index in [1.54, 1.807) is 19.2 Å². The fourth-order valence-electron chi connectivity index (χ4n) is 5.29. The molecule has 2 aliphatic carbocycles. The zero-order valence-corrected chi connectivity index (χ0v) is 19.8. The Morgan fingerprint density at radius 2 is 1.68 bits per heavy atom. The summed E-state index contributed by atoms with van der Waals surface area (Å²) in [5.41, 5.74) is 3.74. The molecule has 0 spiro atoms. The third kappa shape index (κ3) is 4.55. The van der Waals surface area contributed by atoms with Gasteiger partial charge < -0.3 is 14.0 Å². The highest BCUT2D eigenvalue weighted by Gasteiger charge is 2.37. The van der Waals surface area contributed by atoms with Crippen molar-refractivity contribution in [3.63, 3.8) is 0 Å². The Balaban J connectivity index is 1.47. The highest BCUT2D eigenvalue weighted by Crippen LogP contribution is 2.43. The van der Waals surface area contributed by atoms with Crippen LogP contribution in [0.3, 0.4) is 0 Å². The number of ether oxygens (including phenoxy) is 1. The van der Waals surface area contributed by atoms with Crippen LogP contribution in [0.25, 0.3) is 0 Å². The topological polar surface area (TPSA) is 72.8 Å². The van der Waals surface area contributed by atoms with E-state index in [0.29, 0.717) is 25.7 Å². The molecule has 34 heavy (non-hydrogen) atoms. The molecule has 3 aromatic rings. The lowest BCUT2D eigenvalue weighted by Gasteiger charge is -2.33. The van der Waals surface area contributed by atoms with Gasteiger partial charge in [0, 0.05) is 0 Å². The number of benzene rings is 3. The minimum Gasteiger partial charge on any atom is -0.497 e. The van der Waals surface area contributed by atoms with E-state index in [1.807, 2.05) is 12.1 Å². The molecule has 0 fully saturated rings. The maximum absolute atomic E-state index is 13.5. The van der Waals surface area contributed by atoms with Crippen LogP contribution in [0.5, 0.6) is 11.5 Å². The number of aliphatic hydroxyl groups is 1. The van der Waals surface area contributed by atoms with Gasteiger partial charge in [-0.2, -0.15) is 8.42 Å². The number of hydrogen-bond donors (Lipinski definition) is 1.